The Labute approximate surface area is 166 Å². The van der Waals surface area contributed by atoms with Gasteiger partial charge in [0.1, 0.15) is 0 Å². The fraction of sp³-hybridized carbons (Fsp3) is 0.385. The third-order valence-electron chi connectivity index (χ3n) is 4.87. The first-order chi connectivity index (χ1) is 13.3. The Bertz CT molecular complexity index is 621. The average molecular weight is 362 g/mol. The highest BCUT2D eigenvalue weighted by Gasteiger charge is 2.02. The van der Waals surface area contributed by atoms with Crippen molar-refractivity contribution in [2.75, 3.05) is 13.1 Å². The molecular formula is C26H35N. The van der Waals surface area contributed by atoms with E-state index in [4.69, 9.17) is 0 Å². The molecule has 27 heavy (non-hydrogen) atoms. The van der Waals surface area contributed by atoms with E-state index in [-0.39, 0.29) is 0 Å². The molecule has 0 aliphatic rings. The second-order valence-corrected chi connectivity index (χ2v) is 7.06. The maximum absolute atomic E-state index is 3.59. The van der Waals surface area contributed by atoms with Gasteiger partial charge in [0, 0.05) is 13.1 Å². The van der Waals surface area contributed by atoms with E-state index in [2.05, 4.69) is 92.0 Å². The van der Waals surface area contributed by atoms with E-state index in [9.17, 15) is 0 Å². The molecule has 0 aromatic heterocycles. The first kappa shape index (κ1) is 21.2. The molecule has 0 amide bonds. The van der Waals surface area contributed by atoms with Crippen molar-refractivity contribution < 1.29 is 0 Å². The monoisotopic (exact) mass is 361 g/mol. The van der Waals surface area contributed by atoms with Crippen molar-refractivity contribution in [1.82, 2.24) is 5.32 Å². The molecule has 0 saturated heterocycles. The predicted octanol–water partition coefficient (Wildman–Crippen LogP) is 7.12. The molecule has 0 spiro atoms. The lowest BCUT2D eigenvalue weighted by Gasteiger charge is -2.09. The topological polar surface area (TPSA) is 12.0 Å². The molecule has 0 unspecified atom stereocenters. The van der Waals surface area contributed by atoms with Crippen LogP contribution in [0.25, 0.3) is 11.1 Å². The number of allylic oxidation sites excluding steroid dienone is 2. The van der Waals surface area contributed by atoms with Crippen molar-refractivity contribution in [3.63, 3.8) is 0 Å². The zero-order valence-electron chi connectivity index (χ0n) is 17.1. The minimum atomic E-state index is 0.917. The molecule has 2 aromatic rings. The summed E-state index contributed by atoms with van der Waals surface area (Å²) in [6.07, 6.45) is 12.0. The van der Waals surface area contributed by atoms with Crippen LogP contribution in [0.1, 0.15) is 63.5 Å². The Kier molecular flexibility index (Phi) is 10.3. The predicted molar refractivity (Wildman–Crippen MR) is 121 cm³/mol. The molecule has 0 saturated carbocycles. The van der Waals surface area contributed by atoms with Gasteiger partial charge in [-0.3, -0.25) is 0 Å². The summed E-state index contributed by atoms with van der Waals surface area (Å²) in [6, 6.07) is 21.6. The molecule has 1 N–H and O–H groups in total. The summed E-state index contributed by atoms with van der Waals surface area (Å²) < 4.78 is 0. The SMILES string of the molecule is CCCCC(=CCNCC=C(CCCC)c1ccccc1)c1ccccc1. The van der Waals surface area contributed by atoms with Crippen molar-refractivity contribution in [3.05, 3.63) is 83.9 Å². The molecular weight excluding hydrogens is 326 g/mol. The summed E-state index contributed by atoms with van der Waals surface area (Å²) >= 11 is 0. The third-order valence-corrected chi connectivity index (χ3v) is 4.87. The maximum atomic E-state index is 3.59. The van der Waals surface area contributed by atoms with Crippen molar-refractivity contribution in [2.45, 2.75) is 52.4 Å². The first-order valence-corrected chi connectivity index (χ1v) is 10.5. The van der Waals surface area contributed by atoms with Gasteiger partial charge in [-0.25, -0.2) is 0 Å². The molecule has 144 valence electrons. The minimum Gasteiger partial charge on any atom is -0.310 e. The molecule has 1 heteroatoms. The van der Waals surface area contributed by atoms with E-state index < -0.39 is 0 Å². The summed E-state index contributed by atoms with van der Waals surface area (Å²) in [5, 5.41) is 3.59. The van der Waals surface area contributed by atoms with Crippen LogP contribution >= 0.6 is 0 Å². The van der Waals surface area contributed by atoms with E-state index in [1.165, 1.54) is 48.0 Å². The number of nitrogens with one attached hydrogen (secondary N) is 1. The molecule has 2 rings (SSSR count). The lowest BCUT2D eigenvalue weighted by Crippen LogP contribution is -2.14. The van der Waals surface area contributed by atoms with E-state index >= 15 is 0 Å². The molecule has 2 aromatic carbocycles. The summed E-state index contributed by atoms with van der Waals surface area (Å²) in [5.74, 6) is 0. The summed E-state index contributed by atoms with van der Waals surface area (Å²) in [6.45, 7) is 6.35. The fourth-order valence-electron chi connectivity index (χ4n) is 3.24. The van der Waals surface area contributed by atoms with Crippen LogP contribution in [0.3, 0.4) is 0 Å². The molecule has 0 aliphatic carbocycles. The third kappa shape index (κ3) is 7.97. The van der Waals surface area contributed by atoms with Crippen LogP contribution < -0.4 is 5.32 Å². The van der Waals surface area contributed by atoms with Crippen LogP contribution in [0, 0.1) is 0 Å². The number of benzene rings is 2. The standard InChI is InChI=1S/C26H35N/c1-3-5-13-25(23-15-9-7-10-16-23)19-21-27-22-20-26(14-6-4-2)24-17-11-8-12-18-24/h7-12,15-20,27H,3-6,13-14,21-22H2,1-2H3. The van der Waals surface area contributed by atoms with E-state index in [1.807, 2.05) is 0 Å². The summed E-state index contributed by atoms with van der Waals surface area (Å²) in [5.41, 5.74) is 5.64. The highest BCUT2D eigenvalue weighted by atomic mass is 14.8. The Morgan fingerprint density at radius 2 is 1.07 bits per heavy atom. The largest absolute Gasteiger partial charge is 0.310 e. The van der Waals surface area contributed by atoms with E-state index in [0.29, 0.717) is 0 Å². The Morgan fingerprint density at radius 1 is 0.667 bits per heavy atom. The minimum absolute atomic E-state index is 0.917. The van der Waals surface area contributed by atoms with E-state index in [0.717, 1.165) is 25.9 Å². The number of unbranched alkanes of at least 4 members (excludes halogenated alkanes) is 2. The zero-order valence-corrected chi connectivity index (χ0v) is 17.1. The van der Waals surface area contributed by atoms with Crippen LogP contribution in [0.15, 0.2) is 72.8 Å². The quantitative estimate of drug-likeness (QED) is 0.397. The van der Waals surface area contributed by atoms with Crippen LogP contribution in [0.2, 0.25) is 0 Å². The number of hydrogen-bond acceptors (Lipinski definition) is 1. The van der Waals surface area contributed by atoms with Gasteiger partial charge in [0.15, 0.2) is 0 Å². The average Bonchev–Trinajstić information content (AvgIpc) is 2.73. The van der Waals surface area contributed by atoms with Crippen molar-refractivity contribution in [1.29, 1.82) is 0 Å². The van der Waals surface area contributed by atoms with Gasteiger partial charge in [-0.1, -0.05) is 99.5 Å². The molecule has 0 heterocycles. The van der Waals surface area contributed by atoms with Crippen molar-refractivity contribution >= 4 is 11.1 Å². The second kappa shape index (κ2) is 13.1. The first-order valence-electron chi connectivity index (χ1n) is 10.5. The van der Waals surface area contributed by atoms with Gasteiger partial charge < -0.3 is 5.32 Å². The Morgan fingerprint density at radius 3 is 1.44 bits per heavy atom. The highest BCUT2D eigenvalue weighted by molar-refractivity contribution is 5.66. The fourth-order valence-corrected chi connectivity index (χ4v) is 3.24. The van der Waals surface area contributed by atoms with Gasteiger partial charge in [0.05, 0.1) is 0 Å². The highest BCUT2D eigenvalue weighted by Crippen LogP contribution is 2.21. The van der Waals surface area contributed by atoms with Gasteiger partial charge >= 0.3 is 0 Å². The van der Waals surface area contributed by atoms with Gasteiger partial charge in [0.2, 0.25) is 0 Å². The molecule has 0 bridgehead atoms. The van der Waals surface area contributed by atoms with Crippen LogP contribution in [-0.4, -0.2) is 13.1 Å². The number of rotatable bonds is 12. The molecule has 0 atom stereocenters. The molecule has 1 nitrogen and oxygen atoms in total. The second-order valence-electron chi connectivity index (χ2n) is 7.06. The van der Waals surface area contributed by atoms with Gasteiger partial charge in [-0.05, 0) is 48.0 Å². The smallest absolute Gasteiger partial charge is 0.0143 e. The molecule has 0 fully saturated rings. The lowest BCUT2D eigenvalue weighted by molar-refractivity contribution is 0.806. The summed E-state index contributed by atoms with van der Waals surface area (Å²) in [4.78, 5) is 0. The van der Waals surface area contributed by atoms with Gasteiger partial charge in [-0.2, -0.15) is 0 Å². The summed E-state index contributed by atoms with van der Waals surface area (Å²) in [7, 11) is 0. The zero-order chi connectivity index (χ0) is 19.2. The lowest BCUT2D eigenvalue weighted by atomic mass is 9.99. The van der Waals surface area contributed by atoms with Gasteiger partial charge in [0.25, 0.3) is 0 Å². The maximum Gasteiger partial charge on any atom is 0.0143 e. The van der Waals surface area contributed by atoms with Crippen molar-refractivity contribution in [2.24, 2.45) is 0 Å². The van der Waals surface area contributed by atoms with Gasteiger partial charge in [-0.15, -0.1) is 0 Å². The Hall–Kier alpha value is -2.12. The van der Waals surface area contributed by atoms with E-state index in [1.54, 1.807) is 0 Å². The van der Waals surface area contributed by atoms with Crippen LogP contribution in [0.4, 0.5) is 0 Å². The number of hydrogen-bond donors (Lipinski definition) is 1. The molecule has 0 aliphatic heterocycles. The molecule has 0 radical (unpaired) electrons. The van der Waals surface area contributed by atoms with Crippen LogP contribution in [-0.2, 0) is 0 Å². The van der Waals surface area contributed by atoms with Crippen LogP contribution in [0.5, 0.6) is 0 Å². The normalized spacial score (nSPS) is 12.4. The Balaban J connectivity index is 1.94. The van der Waals surface area contributed by atoms with Crippen molar-refractivity contribution in [3.8, 4) is 0 Å².